The fourth-order valence-corrected chi connectivity index (χ4v) is 0. The van der Waals surface area contributed by atoms with E-state index >= 15 is 0 Å². The zero-order valence-corrected chi connectivity index (χ0v) is 5.98. The molecule has 0 amide bonds. The average Bonchev–Trinajstić information content (AvgIpc) is 1.12. The molecule has 64 valence electrons. The SMILES string of the molecule is O=P(F)(F)F.O=P(O)(O)O. The summed E-state index contributed by atoms with van der Waals surface area (Å²) in [5.41, 5.74) is 0. The van der Waals surface area contributed by atoms with E-state index in [0.717, 1.165) is 0 Å². The highest BCUT2D eigenvalue weighted by atomic mass is 31.3. The van der Waals surface area contributed by atoms with Crippen molar-refractivity contribution in [2.24, 2.45) is 0 Å². The van der Waals surface area contributed by atoms with Crippen molar-refractivity contribution in [3.05, 3.63) is 0 Å². The van der Waals surface area contributed by atoms with Crippen molar-refractivity contribution in [1.82, 2.24) is 0 Å². The lowest BCUT2D eigenvalue weighted by Crippen LogP contribution is -1.66. The molecule has 10 heteroatoms. The molecule has 0 heterocycles. The summed E-state index contributed by atoms with van der Waals surface area (Å²) in [5.74, 6) is 0. The van der Waals surface area contributed by atoms with E-state index in [1.165, 1.54) is 0 Å². The Bertz CT molecular complexity index is 127. The molecule has 0 aromatic heterocycles. The first kappa shape index (κ1) is 12.8. The van der Waals surface area contributed by atoms with E-state index < -0.39 is 15.9 Å². The van der Waals surface area contributed by atoms with Crippen molar-refractivity contribution in [2.75, 3.05) is 0 Å². The van der Waals surface area contributed by atoms with Crippen LogP contribution < -0.4 is 0 Å². The highest BCUT2D eigenvalue weighted by Gasteiger charge is 2.13. The topological polar surface area (TPSA) is 94.8 Å². The quantitative estimate of drug-likeness (QED) is 0.510. The van der Waals surface area contributed by atoms with Crippen LogP contribution in [0.1, 0.15) is 0 Å². The van der Waals surface area contributed by atoms with Gasteiger partial charge in [0.05, 0.1) is 0 Å². The average molecular weight is 202 g/mol. The molecule has 0 aromatic rings. The lowest BCUT2D eigenvalue weighted by Gasteiger charge is -1.82. The summed E-state index contributed by atoms with van der Waals surface area (Å²) >= 11 is 0. The molecule has 0 spiro atoms. The van der Waals surface area contributed by atoms with Gasteiger partial charge in [-0.15, -0.1) is 12.6 Å². The molecule has 0 rings (SSSR count). The smallest absolute Gasteiger partial charge is 0.303 e. The summed E-state index contributed by atoms with van der Waals surface area (Å²) in [4.78, 5) is 21.6. The van der Waals surface area contributed by atoms with Gasteiger partial charge in [0.15, 0.2) is 0 Å². The van der Waals surface area contributed by atoms with E-state index in [4.69, 9.17) is 23.8 Å². The molecule has 0 aromatic carbocycles. The molecule has 3 N–H and O–H groups in total. The second-order valence-electron chi connectivity index (χ2n) is 0.912. The summed E-state index contributed by atoms with van der Waals surface area (Å²) in [6.07, 6.45) is 0. The minimum absolute atomic E-state index is 4.64. The highest BCUT2D eigenvalue weighted by molar-refractivity contribution is 7.47. The molecular formula is H3F3O5P2. The van der Waals surface area contributed by atoms with E-state index in [0.29, 0.717) is 0 Å². The highest BCUT2D eigenvalue weighted by Crippen LogP contribution is 2.50. The van der Waals surface area contributed by atoms with Crippen LogP contribution in [0, 0.1) is 0 Å². The zero-order chi connectivity index (χ0) is 9.00. The second kappa shape index (κ2) is 4.10. The number of halogens is 3. The minimum Gasteiger partial charge on any atom is -0.303 e. The number of rotatable bonds is 0. The summed E-state index contributed by atoms with van der Waals surface area (Å²) < 4.78 is 46.8. The molecule has 0 saturated heterocycles. The van der Waals surface area contributed by atoms with Gasteiger partial charge >= 0.3 is 15.9 Å². The van der Waals surface area contributed by atoms with Crippen molar-refractivity contribution in [1.29, 1.82) is 0 Å². The molecule has 10 heavy (non-hydrogen) atoms. The molecule has 5 nitrogen and oxygen atoms in total. The predicted molar refractivity (Wildman–Crippen MR) is 25.2 cm³/mol. The lowest BCUT2D eigenvalue weighted by molar-refractivity contribution is 0.275. The van der Waals surface area contributed by atoms with Crippen molar-refractivity contribution in [3.8, 4) is 0 Å². The molecule has 0 aliphatic carbocycles. The first-order chi connectivity index (χ1) is 4.00. The number of phosphoric acid groups is 1. The van der Waals surface area contributed by atoms with E-state index in [-0.39, 0.29) is 0 Å². The van der Waals surface area contributed by atoms with Crippen molar-refractivity contribution in [3.63, 3.8) is 0 Å². The lowest BCUT2D eigenvalue weighted by atomic mass is 15.8. The van der Waals surface area contributed by atoms with Gasteiger partial charge in [-0.1, -0.05) is 0 Å². The van der Waals surface area contributed by atoms with E-state index in [2.05, 4.69) is 0 Å². The predicted octanol–water partition coefficient (Wildman–Crippen LogP) is 1.07. The Hall–Kier alpha value is 0.130. The molecule has 0 bridgehead atoms. The molecule has 0 unspecified atom stereocenters. The van der Waals surface area contributed by atoms with Crippen LogP contribution in [-0.4, -0.2) is 14.7 Å². The van der Waals surface area contributed by atoms with Crippen LogP contribution in [0.5, 0.6) is 0 Å². The van der Waals surface area contributed by atoms with E-state index in [1.54, 1.807) is 0 Å². The van der Waals surface area contributed by atoms with Crippen LogP contribution in [0.4, 0.5) is 12.6 Å². The van der Waals surface area contributed by atoms with Crippen LogP contribution in [0.3, 0.4) is 0 Å². The van der Waals surface area contributed by atoms with Gasteiger partial charge in [-0.2, -0.15) is 0 Å². The van der Waals surface area contributed by atoms with Crippen LogP contribution in [-0.2, 0) is 9.13 Å². The molecule has 0 aliphatic heterocycles. The van der Waals surface area contributed by atoms with Crippen LogP contribution in [0.15, 0.2) is 0 Å². The molecule has 0 fully saturated rings. The maximum absolute atomic E-state index is 9.91. The maximum atomic E-state index is 9.91. The maximum Gasteiger partial charge on any atom is 0.591 e. The summed E-state index contributed by atoms with van der Waals surface area (Å²) in [7, 11) is -10.8. The molecule has 0 aliphatic rings. The summed E-state index contributed by atoms with van der Waals surface area (Å²) in [6, 6.07) is 0. The van der Waals surface area contributed by atoms with Crippen LogP contribution in [0.2, 0.25) is 0 Å². The Kier molecular flexibility index (Phi) is 5.24. The molecule has 0 saturated carbocycles. The van der Waals surface area contributed by atoms with Crippen molar-refractivity contribution in [2.45, 2.75) is 0 Å². The molecular weight excluding hydrogens is 199 g/mol. The van der Waals surface area contributed by atoms with Gasteiger partial charge in [-0.3, -0.25) is 0 Å². The largest absolute Gasteiger partial charge is 0.591 e. The van der Waals surface area contributed by atoms with Gasteiger partial charge in [0.1, 0.15) is 0 Å². The fourth-order valence-electron chi connectivity index (χ4n) is 0. The Morgan fingerprint density at radius 1 is 0.900 bits per heavy atom. The fraction of sp³-hybridized carbons (Fsp3) is 0. The minimum atomic E-state index is -6.14. The first-order valence-electron chi connectivity index (χ1n) is 1.47. The Balaban J connectivity index is 0. The summed E-state index contributed by atoms with van der Waals surface area (Å²) in [6.45, 7) is 0. The van der Waals surface area contributed by atoms with Gasteiger partial charge in [0.25, 0.3) is 0 Å². The van der Waals surface area contributed by atoms with Gasteiger partial charge in [-0.25, -0.2) is 9.13 Å². The first-order valence-corrected chi connectivity index (χ1v) is 4.42. The van der Waals surface area contributed by atoms with Gasteiger partial charge < -0.3 is 14.7 Å². The van der Waals surface area contributed by atoms with Crippen LogP contribution >= 0.6 is 15.9 Å². The van der Waals surface area contributed by atoms with Crippen LogP contribution in [0.25, 0.3) is 0 Å². The Morgan fingerprint density at radius 2 is 0.900 bits per heavy atom. The molecule has 0 radical (unpaired) electrons. The van der Waals surface area contributed by atoms with Crippen molar-refractivity contribution >= 4 is 15.9 Å². The van der Waals surface area contributed by atoms with Gasteiger partial charge in [0.2, 0.25) is 0 Å². The monoisotopic (exact) mass is 202 g/mol. The van der Waals surface area contributed by atoms with E-state index in [1.807, 2.05) is 0 Å². The number of hydrogen-bond donors (Lipinski definition) is 3. The van der Waals surface area contributed by atoms with Crippen molar-refractivity contribution < 1.29 is 36.4 Å². The Morgan fingerprint density at radius 3 is 0.900 bits per heavy atom. The standard InChI is InChI=1S/F3OP.H3O4P/c2*1-5(2,3)4/h;(H3,1,2,3,4). The third-order valence-electron chi connectivity index (χ3n) is 0. The zero-order valence-electron chi connectivity index (χ0n) is 4.19. The second-order valence-corrected chi connectivity index (χ2v) is 2.74. The van der Waals surface area contributed by atoms with Gasteiger partial charge in [-0.05, 0) is 0 Å². The normalized spacial score (nSPS) is 11.8. The third kappa shape index (κ3) is 24500. The Labute approximate surface area is 53.5 Å². The summed E-state index contributed by atoms with van der Waals surface area (Å²) in [5, 5.41) is 0. The van der Waals surface area contributed by atoms with E-state index in [9.17, 15) is 12.6 Å². The number of hydrogen-bond acceptors (Lipinski definition) is 2. The molecule has 0 atom stereocenters. The van der Waals surface area contributed by atoms with Gasteiger partial charge in [0, 0.05) is 0 Å². The third-order valence-corrected chi connectivity index (χ3v) is 0.